The van der Waals surface area contributed by atoms with Crippen LogP contribution in [0.1, 0.15) is 15.9 Å². The Hall–Kier alpha value is -3.58. The maximum Gasteiger partial charge on any atom is 0.337 e. The average molecular weight is 417 g/mol. The number of amides is 1. The molecule has 0 saturated carbocycles. The van der Waals surface area contributed by atoms with Crippen LogP contribution in [0.4, 0.5) is 5.69 Å². The highest BCUT2D eigenvalue weighted by atomic mass is 32.2. The molecule has 30 heavy (non-hydrogen) atoms. The number of rotatable bonds is 5. The summed E-state index contributed by atoms with van der Waals surface area (Å²) in [4.78, 5) is 31.1. The molecule has 6 nitrogen and oxygen atoms in total. The molecule has 150 valence electrons. The van der Waals surface area contributed by atoms with Gasteiger partial charge in [-0.15, -0.1) is 6.58 Å². The molecule has 1 fully saturated rings. The highest BCUT2D eigenvalue weighted by Gasteiger charge is 2.33. The van der Waals surface area contributed by atoms with Crippen LogP contribution >= 0.6 is 11.8 Å². The SMILES string of the molecule is C=CCN1C(=O)/C(=C/c2cn(C)c3ccccc23)SC1=Nc1ccccc1C(=O)O. The van der Waals surface area contributed by atoms with Crippen LogP contribution in [-0.4, -0.2) is 38.2 Å². The number of carbonyl (C=O) groups excluding carboxylic acids is 1. The van der Waals surface area contributed by atoms with E-state index in [4.69, 9.17) is 0 Å². The van der Waals surface area contributed by atoms with Crippen molar-refractivity contribution >= 4 is 51.5 Å². The number of aromatic nitrogens is 1. The predicted molar refractivity (Wildman–Crippen MR) is 121 cm³/mol. The third kappa shape index (κ3) is 3.55. The summed E-state index contributed by atoms with van der Waals surface area (Å²) in [5.41, 5.74) is 2.41. The first kappa shape index (κ1) is 19.7. The second-order valence-electron chi connectivity index (χ2n) is 6.74. The third-order valence-electron chi connectivity index (χ3n) is 4.76. The average Bonchev–Trinajstić information content (AvgIpc) is 3.20. The molecule has 1 aliphatic rings. The van der Waals surface area contributed by atoms with Gasteiger partial charge >= 0.3 is 5.97 Å². The van der Waals surface area contributed by atoms with Gasteiger partial charge in [0.2, 0.25) is 0 Å². The number of aliphatic imine (C=N–C) groups is 1. The Morgan fingerprint density at radius 3 is 2.70 bits per heavy atom. The Kier molecular flexibility index (Phi) is 5.29. The molecule has 1 saturated heterocycles. The van der Waals surface area contributed by atoms with E-state index in [1.807, 2.05) is 48.2 Å². The molecule has 0 unspecified atom stereocenters. The summed E-state index contributed by atoms with van der Waals surface area (Å²) in [6.07, 6.45) is 5.47. The van der Waals surface area contributed by atoms with E-state index in [0.717, 1.165) is 16.5 Å². The number of amidine groups is 1. The Morgan fingerprint density at radius 2 is 1.93 bits per heavy atom. The fourth-order valence-corrected chi connectivity index (χ4v) is 4.36. The summed E-state index contributed by atoms with van der Waals surface area (Å²) < 4.78 is 2.02. The van der Waals surface area contributed by atoms with Crippen molar-refractivity contribution in [3.8, 4) is 0 Å². The molecule has 1 aliphatic heterocycles. The first-order valence-electron chi connectivity index (χ1n) is 9.27. The molecule has 2 aromatic carbocycles. The Balaban J connectivity index is 1.78. The van der Waals surface area contributed by atoms with Crippen molar-refractivity contribution in [3.05, 3.63) is 83.4 Å². The van der Waals surface area contributed by atoms with Crippen LogP contribution in [0.2, 0.25) is 0 Å². The van der Waals surface area contributed by atoms with Crippen molar-refractivity contribution in [1.82, 2.24) is 9.47 Å². The number of carboxylic acids is 1. The Labute approximate surface area is 177 Å². The molecule has 1 aromatic heterocycles. The van der Waals surface area contributed by atoms with Gasteiger partial charge in [0, 0.05) is 36.3 Å². The van der Waals surface area contributed by atoms with Crippen molar-refractivity contribution in [3.63, 3.8) is 0 Å². The fraction of sp³-hybridized carbons (Fsp3) is 0.0870. The van der Waals surface area contributed by atoms with E-state index in [2.05, 4.69) is 11.6 Å². The van der Waals surface area contributed by atoms with Crippen LogP contribution in [0.3, 0.4) is 0 Å². The number of thioether (sulfide) groups is 1. The molecule has 7 heteroatoms. The lowest BCUT2D eigenvalue weighted by Crippen LogP contribution is -2.29. The van der Waals surface area contributed by atoms with Crippen molar-refractivity contribution in [1.29, 1.82) is 0 Å². The van der Waals surface area contributed by atoms with Gasteiger partial charge in [0.25, 0.3) is 5.91 Å². The molecule has 3 aromatic rings. The summed E-state index contributed by atoms with van der Waals surface area (Å²) >= 11 is 1.23. The monoisotopic (exact) mass is 417 g/mol. The van der Waals surface area contributed by atoms with Gasteiger partial charge in [0.1, 0.15) is 0 Å². The summed E-state index contributed by atoms with van der Waals surface area (Å²) in [6.45, 7) is 4.01. The highest BCUT2D eigenvalue weighted by Crippen LogP contribution is 2.36. The minimum Gasteiger partial charge on any atom is -0.478 e. The number of aryl methyl sites for hydroxylation is 1. The highest BCUT2D eigenvalue weighted by molar-refractivity contribution is 8.18. The van der Waals surface area contributed by atoms with Crippen LogP contribution in [-0.2, 0) is 11.8 Å². The molecule has 2 heterocycles. The van der Waals surface area contributed by atoms with Crippen molar-refractivity contribution in [2.45, 2.75) is 0 Å². The zero-order valence-corrected chi connectivity index (χ0v) is 17.1. The van der Waals surface area contributed by atoms with Gasteiger partial charge in [-0.25, -0.2) is 9.79 Å². The number of fused-ring (bicyclic) bond motifs is 1. The van der Waals surface area contributed by atoms with Crippen LogP contribution in [0.25, 0.3) is 17.0 Å². The molecular formula is C23H19N3O3S. The Morgan fingerprint density at radius 1 is 1.20 bits per heavy atom. The number of carboxylic acid groups (broad SMARTS) is 1. The van der Waals surface area contributed by atoms with Gasteiger partial charge in [0.15, 0.2) is 5.17 Å². The van der Waals surface area contributed by atoms with Crippen LogP contribution in [0.15, 0.2) is 77.3 Å². The second-order valence-corrected chi connectivity index (χ2v) is 7.75. The summed E-state index contributed by atoms with van der Waals surface area (Å²) in [7, 11) is 1.97. The van der Waals surface area contributed by atoms with Crippen LogP contribution < -0.4 is 0 Å². The Bertz CT molecular complexity index is 1240. The molecule has 4 rings (SSSR count). The molecule has 0 aliphatic carbocycles. The minimum atomic E-state index is -1.06. The summed E-state index contributed by atoms with van der Waals surface area (Å²) in [5.74, 6) is -1.24. The number of hydrogen-bond donors (Lipinski definition) is 1. The summed E-state index contributed by atoms with van der Waals surface area (Å²) in [6, 6.07) is 14.5. The zero-order valence-electron chi connectivity index (χ0n) is 16.3. The normalized spacial score (nSPS) is 16.7. The molecule has 0 bridgehead atoms. The van der Waals surface area contributed by atoms with Gasteiger partial charge in [-0.2, -0.15) is 0 Å². The fourth-order valence-electron chi connectivity index (χ4n) is 3.37. The van der Waals surface area contributed by atoms with Gasteiger partial charge in [-0.1, -0.05) is 36.4 Å². The van der Waals surface area contributed by atoms with Crippen LogP contribution in [0.5, 0.6) is 0 Å². The molecule has 1 N–H and O–H groups in total. The third-order valence-corrected chi connectivity index (χ3v) is 5.77. The van der Waals surface area contributed by atoms with Gasteiger partial charge < -0.3 is 9.67 Å². The number of carbonyl (C=O) groups is 2. The van der Waals surface area contributed by atoms with E-state index < -0.39 is 5.97 Å². The predicted octanol–water partition coefficient (Wildman–Crippen LogP) is 4.67. The molecule has 0 radical (unpaired) electrons. The van der Waals surface area contributed by atoms with Crippen molar-refractivity contribution in [2.75, 3.05) is 6.54 Å². The molecular weight excluding hydrogens is 398 g/mol. The van der Waals surface area contributed by atoms with Crippen molar-refractivity contribution < 1.29 is 14.7 Å². The number of aromatic carboxylic acids is 1. The number of hydrogen-bond acceptors (Lipinski definition) is 4. The zero-order chi connectivity index (χ0) is 21.3. The summed E-state index contributed by atoms with van der Waals surface area (Å²) in [5, 5.41) is 10.9. The lowest BCUT2D eigenvalue weighted by atomic mass is 10.1. The van der Waals surface area contributed by atoms with Gasteiger partial charge in [-0.3, -0.25) is 9.69 Å². The largest absolute Gasteiger partial charge is 0.478 e. The van der Waals surface area contributed by atoms with Crippen LogP contribution in [0, 0.1) is 0 Å². The molecule has 1 amide bonds. The maximum absolute atomic E-state index is 13.0. The first-order chi connectivity index (χ1) is 14.5. The van der Waals surface area contributed by atoms with E-state index in [0.29, 0.717) is 15.8 Å². The number of para-hydroxylation sites is 2. The van der Waals surface area contributed by atoms with E-state index in [1.54, 1.807) is 24.3 Å². The van der Waals surface area contributed by atoms with E-state index in [9.17, 15) is 14.7 Å². The number of nitrogens with zero attached hydrogens (tertiary/aromatic N) is 3. The molecule has 0 spiro atoms. The quantitative estimate of drug-likeness (QED) is 0.484. The van der Waals surface area contributed by atoms with E-state index >= 15 is 0 Å². The maximum atomic E-state index is 13.0. The van der Waals surface area contributed by atoms with Gasteiger partial charge in [-0.05, 0) is 36.0 Å². The topological polar surface area (TPSA) is 74.9 Å². The number of benzene rings is 2. The smallest absolute Gasteiger partial charge is 0.337 e. The van der Waals surface area contributed by atoms with E-state index in [-0.39, 0.29) is 18.0 Å². The van der Waals surface area contributed by atoms with Gasteiger partial charge in [0.05, 0.1) is 16.2 Å². The lowest BCUT2D eigenvalue weighted by Gasteiger charge is -2.13. The van der Waals surface area contributed by atoms with Crippen molar-refractivity contribution in [2.24, 2.45) is 12.0 Å². The lowest BCUT2D eigenvalue weighted by molar-refractivity contribution is -0.121. The van der Waals surface area contributed by atoms with E-state index in [1.165, 1.54) is 22.7 Å². The minimum absolute atomic E-state index is 0.0862. The first-order valence-corrected chi connectivity index (χ1v) is 10.1. The standard InChI is InChI=1S/C23H19N3O3S/c1-3-12-26-21(27)20(13-15-14-25(2)19-11-7-5-8-16(15)19)30-23(26)24-18-10-6-4-9-17(18)22(28)29/h3-11,13-14H,1,12H2,2H3,(H,28,29)/b20-13-,24-23?. The molecule has 0 atom stereocenters. The second kappa shape index (κ2) is 8.04.